The van der Waals surface area contributed by atoms with Crippen molar-refractivity contribution in [2.24, 2.45) is 0 Å². The van der Waals surface area contributed by atoms with Crippen LogP contribution in [0.4, 0.5) is 5.69 Å². The van der Waals surface area contributed by atoms with Gasteiger partial charge in [0, 0.05) is 18.2 Å². The van der Waals surface area contributed by atoms with Gasteiger partial charge in [-0.1, -0.05) is 30.3 Å². The van der Waals surface area contributed by atoms with E-state index in [1.54, 1.807) is 12.1 Å². The summed E-state index contributed by atoms with van der Waals surface area (Å²) in [7, 11) is -2.22. The first-order chi connectivity index (χ1) is 9.94. The molecule has 110 valence electrons. The summed E-state index contributed by atoms with van der Waals surface area (Å²) >= 11 is 0. The second kappa shape index (κ2) is 6.07. The van der Waals surface area contributed by atoms with E-state index in [0.29, 0.717) is 11.3 Å². The fourth-order valence-electron chi connectivity index (χ4n) is 2.00. The highest BCUT2D eigenvalue weighted by Gasteiger charge is 2.18. The SMILES string of the molecule is CNS(=O)(=O)c1ccc(NC(C)=O)cc1-c1ccccc1. The van der Waals surface area contributed by atoms with Crippen molar-refractivity contribution < 1.29 is 13.2 Å². The van der Waals surface area contributed by atoms with Gasteiger partial charge in [-0.2, -0.15) is 0 Å². The molecule has 2 rings (SSSR count). The van der Waals surface area contributed by atoms with Crippen LogP contribution in [-0.4, -0.2) is 21.4 Å². The van der Waals surface area contributed by atoms with Gasteiger partial charge in [0.1, 0.15) is 0 Å². The second-order valence-corrected chi connectivity index (χ2v) is 6.32. The molecule has 0 aromatic heterocycles. The van der Waals surface area contributed by atoms with Gasteiger partial charge in [-0.15, -0.1) is 0 Å². The number of rotatable bonds is 4. The second-order valence-electron chi connectivity index (χ2n) is 4.47. The average Bonchev–Trinajstić information content (AvgIpc) is 2.47. The van der Waals surface area contributed by atoms with Crippen LogP contribution in [0.3, 0.4) is 0 Å². The molecule has 0 unspecified atom stereocenters. The van der Waals surface area contributed by atoms with E-state index in [1.807, 2.05) is 30.3 Å². The monoisotopic (exact) mass is 304 g/mol. The third kappa shape index (κ3) is 3.48. The first-order valence-electron chi connectivity index (χ1n) is 6.34. The van der Waals surface area contributed by atoms with E-state index >= 15 is 0 Å². The third-order valence-electron chi connectivity index (χ3n) is 2.94. The summed E-state index contributed by atoms with van der Waals surface area (Å²) in [4.78, 5) is 11.3. The molecule has 0 saturated carbocycles. The molecule has 0 spiro atoms. The van der Waals surface area contributed by atoms with E-state index in [2.05, 4.69) is 10.0 Å². The van der Waals surface area contributed by atoms with Gasteiger partial charge < -0.3 is 5.32 Å². The van der Waals surface area contributed by atoms with Crippen LogP contribution < -0.4 is 10.0 Å². The maximum atomic E-state index is 12.1. The predicted octanol–water partition coefficient (Wildman–Crippen LogP) is 2.22. The molecule has 2 aromatic carbocycles. The quantitative estimate of drug-likeness (QED) is 0.909. The molecule has 0 aliphatic rings. The predicted molar refractivity (Wildman–Crippen MR) is 82.4 cm³/mol. The summed E-state index contributed by atoms with van der Waals surface area (Å²) < 4.78 is 26.6. The minimum Gasteiger partial charge on any atom is -0.326 e. The van der Waals surface area contributed by atoms with Gasteiger partial charge in [-0.3, -0.25) is 4.79 Å². The number of carbonyl (C=O) groups is 1. The number of nitrogens with one attached hydrogen (secondary N) is 2. The van der Waals surface area contributed by atoms with E-state index < -0.39 is 10.0 Å². The van der Waals surface area contributed by atoms with Crippen molar-refractivity contribution in [3.8, 4) is 11.1 Å². The van der Waals surface area contributed by atoms with Gasteiger partial charge in [-0.25, -0.2) is 13.1 Å². The number of anilines is 1. The van der Waals surface area contributed by atoms with Crippen molar-refractivity contribution in [3.05, 3.63) is 48.5 Å². The molecule has 0 bridgehead atoms. The molecular weight excluding hydrogens is 288 g/mol. The van der Waals surface area contributed by atoms with Gasteiger partial charge in [0.05, 0.1) is 4.90 Å². The van der Waals surface area contributed by atoms with Crippen LogP contribution >= 0.6 is 0 Å². The number of hydrogen-bond donors (Lipinski definition) is 2. The van der Waals surface area contributed by atoms with Crippen LogP contribution in [0.2, 0.25) is 0 Å². The molecule has 2 aromatic rings. The number of carbonyl (C=O) groups excluding carboxylic acids is 1. The van der Waals surface area contributed by atoms with Gasteiger partial charge in [0.2, 0.25) is 15.9 Å². The Morgan fingerprint density at radius 2 is 1.71 bits per heavy atom. The molecule has 0 saturated heterocycles. The summed E-state index contributed by atoms with van der Waals surface area (Å²) in [6.07, 6.45) is 0. The molecule has 2 N–H and O–H groups in total. The zero-order valence-electron chi connectivity index (χ0n) is 11.8. The fourth-order valence-corrected chi connectivity index (χ4v) is 2.93. The van der Waals surface area contributed by atoms with Gasteiger partial charge in [0.15, 0.2) is 0 Å². The van der Waals surface area contributed by atoms with Crippen molar-refractivity contribution in [3.63, 3.8) is 0 Å². The van der Waals surface area contributed by atoms with Crippen LogP contribution in [0.15, 0.2) is 53.4 Å². The number of hydrogen-bond acceptors (Lipinski definition) is 3. The van der Waals surface area contributed by atoms with Crippen molar-refractivity contribution >= 4 is 21.6 Å². The highest BCUT2D eigenvalue weighted by molar-refractivity contribution is 7.89. The molecule has 0 atom stereocenters. The summed E-state index contributed by atoms with van der Waals surface area (Å²) in [5.41, 5.74) is 1.85. The van der Waals surface area contributed by atoms with Crippen LogP contribution in [0.1, 0.15) is 6.92 Å². The van der Waals surface area contributed by atoms with Crippen LogP contribution in [0.25, 0.3) is 11.1 Å². The first-order valence-corrected chi connectivity index (χ1v) is 7.83. The Bertz CT molecular complexity index is 756. The van der Waals surface area contributed by atoms with E-state index in [1.165, 1.54) is 20.0 Å². The van der Waals surface area contributed by atoms with Crippen molar-refractivity contribution in [1.29, 1.82) is 0 Å². The van der Waals surface area contributed by atoms with Crippen LogP contribution in [0, 0.1) is 0 Å². The summed E-state index contributed by atoms with van der Waals surface area (Å²) in [6, 6.07) is 13.9. The minimum atomic E-state index is -3.58. The molecule has 1 amide bonds. The Balaban J connectivity index is 2.64. The lowest BCUT2D eigenvalue weighted by Crippen LogP contribution is -2.19. The summed E-state index contributed by atoms with van der Waals surface area (Å²) in [5.74, 6) is -0.210. The smallest absolute Gasteiger partial charge is 0.240 e. The molecule has 0 aliphatic carbocycles. The maximum absolute atomic E-state index is 12.1. The normalized spacial score (nSPS) is 11.1. The largest absolute Gasteiger partial charge is 0.326 e. The van der Waals surface area contributed by atoms with E-state index in [4.69, 9.17) is 0 Å². The van der Waals surface area contributed by atoms with Gasteiger partial charge in [0.25, 0.3) is 0 Å². The highest BCUT2D eigenvalue weighted by Crippen LogP contribution is 2.30. The zero-order chi connectivity index (χ0) is 15.5. The molecular formula is C15H16N2O3S. The van der Waals surface area contributed by atoms with Crippen LogP contribution in [-0.2, 0) is 14.8 Å². The van der Waals surface area contributed by atoms with Gasteiger partial charge >= 0.3 is 0 Å². The Labute approximate surface area is 124 Å². The summed E-state index contributed by atoms with van der Waals surface area (Å²) in [6.45, 7) is 1.40. The topological polar surface area (TPSA) is 75.3 Å². The lowest BCUT2D eigenvalue weighted by atomic mass is 10.1. The summed E-state index contributed by atoms with van der Waals surface area (Å²) in [5, 5.41) is 2.66. The Hall–Kier alpha value is -2.18. The Morgan fingerprint density at radius 1 is 1.05 bits per heavy atom. The molecule has 5 nitrogen and oxygen atoms in total. The molecule has 0 fully saturated rings. The first kappa shape index (κ1) is 15.2. The number of amides is 1. The fraction of sp³-hybridized carbons (Fsp3) is 0.133. The average molecular weight is 304 g/mol. The molecule has 0 heterocycles. The Morgan fingerprint density at radius 3 is 2.29 bits per heavy atom. The standard InChI is InChI=1S/C15H16N2O3S/c1-11(18)17-13-8-9-15(21(19,20)16-2)14(10-13)12-6-4-3-5-7-12/h3-10,16H,1-2H3,(H,17,18). The molecule has 6 heteroatoms. The van der Waals surface area contributed by atoms with Crippen molar-refractivity contribution in [2.75, 3.05) is 12.4 Å². The molecule has 0 aliphatic heterocycles. The van der Waals surface area contributed by atoms with E-state index in [-0.39, 0.29) is 10.8 Å². The maximum Gasteiger partial charge on any atom is 0.240 e. The number of benzene rings is 2. The molecule has 21 heavy (non-hydrogen) atoms. The Kier molecular flexibility index (Phi) is 4.40. The lowest BCUT2D eigenvalue weighted by molar-refractivity contribution is -0.114. The highest BCUT2D eigenvalue weighted by atomic mass is 32.2. The minimum absolute atomic E-state index is 0.172. The van der Waals surface area contributed by atoms with Gasteiger partial charge in [-0.05, 0) is 30.8 Å². The van der Waals surface area contributed by atoms with Crippen molar-refractivity contribution in [2.45, 2.75) is 11.8 Å². The molecule has 0 radical (unpaired) electrons. The van der Waals surface area contributed by atoms with E-state index in [9.17, 15) is 13.2 Å². The lowest BCUT2D eigenvalue weighted by Gasteiger charge is -2.12. The number of sulfonamides is 1. The van der Waals surface area contributed by atoms with E-state index in [0.717, 1.165) is 5.56 Å². The zero-order valence-corrected chi connectivity index (χ0v) is 12.6. The third-order valence-corrected chi connectivity index (χ3v) is 4.42. The van der Waals surface area contributed by atoms with Crippen LogP contribution in [0.5, 0.6) is 0 Å². The van der Waals surface area contributed by atoms with Crippen molar-refractivity contribution in [1.82, 2.24) is 4.72 Å².